The lowest BCUT2D eigenvalue weighted by Gasteiger charge is -1.98. The lowest BCUT2D eigenvalue weighted by atomic mass is 10.3. The van der Waals surface area contributed by atoms with E-state index in [1.165, 1.54) is 0 Å². The van der Waals surface area contributed by atoms with Crippen LogP contribution in [0.3, 0.4) is 0 Å². The molecule has 5 N–H and O–H groups in total. The molecule has 0 bridgehead atoms. The Morgan fingerprint density at radius 2 is 2.29 bits per heavy atom. The van der Waals surface area contributed by atoms with Gasteiger partial charge in [-0.1, -0.05) is 10.3 Å². The van der Waals surface area contributed by atoms with Crippen molar-refractivity contribution in [1.29, 1.82) is 0 Å². The molecule has 14 heavy (non-hydrogen) atoms. The quantitative estimate of drug-likeness (QED) is 0.262. The van der Waals surface area contributed by atoms with Gasteiger partial charge in [0.15, 0.2) is 5.96 Å². The van der Waals surface area contributed by atoms with Crippen LogP contribution in [0.1, 0.15) is 12.8 Å². The first-order valence-electron chi connectivity index (χ1n) is 4.23. The van der Waals surface area contributed by atoms with E-state index < -0.39 is 0 Å². The fourth-order valence-electron chi connectivity index (χ4n) is 0.951. The number of nitrogens with zero attached hydrogens (tertiary/aromatic N) is 4. The predicted molar refractivity (Wildman–Crippen MR) is 55.1 cm³/mol. The lowest BCUT2D eigenvalue weighted by Crippen LogP contribution is -2.23. The van der Waals surface area contributed by atoms with Crippen LogP contribution < -0.4 is 11.5 Å². The number of guanidine groups is 1. The zero-order valence-electron chi connectivity index (χ0n) is 7.68. The summed E-state index contributed by atoms with van der Waals surface area (Å²) in [6.45, 7) is 1.39. The molecule has 8 heteroatoms. The maximum Gasteiger partial charge on any atom is 0.238 e. The molecule has 0 fully saturated rings. The van der Waals surface area contributed by atoms with Crippen molar-refractivity contribution in [3.05, 3.63) is 4.77 Å². The van der Waals surface area contributed by atoms with Crippen molar-refractivity contribution in [2.24, 2.45) is 16.5 Å². The minimum atomic E-state index is 0.129. The molecule has 0 atom stereocenters. The highest BCUT2D eigenvalue weighted by atomic mass is 32.1. The van der Waals surface area contributed by atoms with E-state index in [0.29, 0.717) is 11.3 Å². The molecule has 0 aliphatic carbocycles. The third kappa shape index (κ3) is 3.52. The summed E-state index contributed by atoms with van der Waals surface area (Å²) in [5.41, 5.74) is 10.3. The number of H-pyrrole nitrogens is 1. The van der Waals surface area contributed by atoms with Crippen molar-refractivity contribution in [2.45, 2.75) is 19.4 Å². The fraction of sp³-hybridized carbons (Fsp3) is 0.667. The average Bonchev–Trinajstić information content (AvgIpc) is 2.51. The van der Waals surface area contributed by atoms with Gasteiger partial charge in [0, 0.05) is 13.1 Å². The van der Waals surface area contributed by atoms with Crippen LogP contribution >= 0.6 is 12.2 Å². The molecule has 0 unspecified atom stereocenters. The average molecular weight is 215 g/mol. The summed E-state index contributed by atoms with van der Waals surface area (Å²) >= 11 is 4.90. The largest absolute Gasteiger partial charge is 0.370 e. The Morgan fingerprint density at radius 1 is 1.50 bits per heavy atom. The van der Waals surface area contributed by atoms with E-state index in [1.54, 1.807) is 4.68 Å². The van der Waals surface area contributed by atoms with Gasteiger partial charge in [-0.3, -0.25) is 4.99 Å². The van der Waals surface area contributed by atoms with Crippen LogP contribution in [-0.2, 0) is 6.54 Å². The summed E-state index contributed by atoms with van der Waals surface area (Å²) in [4.78, 5) is 3.86. The highest BCUT2D eigenvalue weighted by Gasteiger charge is 1.94. The molecule has 0 aromatic carbocycles. The van der Waals surface area contributed by atoms with Gasteiger partial charge in [0.2, 0.25) is 4.77 Å². The Labute approximate surface area is 86.2 Å². The van der Waals surface area contributed by atoms with Crippen LogP contribution in [-0.4, -0.2) is 32.7 Å². The molecule has 1 rings (SSSR count). The van der Waals surface area contributed by atoms with E-state index >= 15 is 0 Å². The number of nitrogens with two attached hydrogens (primary N) is 2. The second-order valence-corrected chi connectivity index (χ2v) is 3.11. The Balaban J connectivity index is 2.20. The molecule has 0 spiro atoms. The van der Waals surface area contributed by atoms with Crippen molar-refractivity contribution in [1.82, 2.24) is 20.2 Å². The summed E-state index contributed by atoms with van der Waals surface area (Å²) in [5.74, 6) is 0.129. The van der Waals surface area contributed by atoms with Gasteiger partial charge in [-0.05, 0) is 25.1 Å². The van der Waals surface area contributed by atoms with E-state index in [0.717, 1.165) is 19.4 Å². The molecule has 1 aromatic rings. The van der Waals surface area contributed by atoms with E-state index in [2.05, 4.69) is 20.5 Å². The second-order valence-electron chi connectivity index (χ2n) is 2.75. The topological polar surface area (TPSA) is 111 Å². The highest BCUT2D eigenvalue weighted by molar-refractivity contribution is 7.71. The van der Waals surface area contributed by atoms with Crippen molar-refractivity contribution in [3.63, 3.8) is 0 Å². The van der Waals surface area contributed by atoms with Gasteiger partial charge in [0.05, 0.1) is 0 Å². The van der Waals surface area contributed by atoms with Crippen LogP contribution in [0.2, 0.25) is 0 Å². The summed E-state index contributed by atoms with van der Waals surface area (Å²) in [5, 5.41) is 9.88. The summed E-state index contributed by atoms with van der Waals surface area (Å²) in [7, 11) is 0. The van der Waals surface area contributed by atoms with Crippen molar-refractivity contribution >= 4 is 18.2 Å². The van der Waals surface area contributed by atoms with Crippen LogP contribution in [0.25, 0.3) is 0 Å². The van der Waals surface area contributed by atoms with E-state index in [4.69, 9.17) is 23.7 Å². The Bertz CT molecular complexity index is 347. The molecule has 0 saturated heterocycles. The lowest BCUT2D eigenvalue weighted by molar-refractivity contribution is 0.540. The monoisotopic (exact) mass is 215 g/mol. The number of aromatic nitrogens is 4. The summed E-state index contributed by atoms with van der Waals surface area (Å²) in [6, 6.07) is 0. The molecule has 78 valence electrons. The number of aryl methyl sites for hydroxylation is 1. The van der Waals surface area contributed by atoms with Gasteiger partial charge < -0.3 is 11.5 Å². The van der Waals surface area contributed by atoms with Crippen LogP contribution in [0.15, 0.2) is 4.99 Å². The molecule has 0 aliphatic rings. The minimum Gasteiger partial charge on any atom is -0.370 e. The molecule has 1 aromatic heterocycles. The molecule has 1 heterocycles. The van der Waals surface area contributed by atoms with Crippen molar-refractivity contribution in [2.75, 3.05) is 6.54 Å². The highest BCUT2D eigenvalue weighted by Crippen LogP contribution is 1.94. The standard InChI is InChI=1S/C6H13N7S/c7-5(8)9-3-1-2-4-13-6(14)10-11-12-13/h1-4H2,(H4,7,8,9)(H,10,12,14). The molecule has 0 saturated carbocycles. The molecule has 0 radical (unpaired) electrons. The van der Waals surface area contributed by atoms with Gasteiger partial charge in [0.25, 0.3) is 0 Å². The molecule has 7 nitrogen and oxygen atoms in total. The number of aromatic amines is 1. The van der Waals surface area contributed by atoms with Crippen molar-refractivity contribution in [3.8, 4) is 0 Å². The Morgan fingerprint density at radius 3 is 2.86 bits per heavy atom. The maximum absolute atomic E-state index is 5.17. The van der Waals surface area contributed by atoms with Gasteiger partial charge in [-0.2, -0.15) is 5.21 Å². The van der Waals surface area contributed by atoms with Crippen LogP contribution in [0, 0.1) is 4.77 Å². The third-order valence-electron chi connectivity index (χ3n) is 1.62. The molecular formula is C6H13N7S. The zero-order valence-corrected chi connectivity index (χ0v) is 8.50. The fourth-order valence-corrected chi connectivity index (χ4v) is 1.12. The van der Waals surface area contributed by atoms with Crippen molar-refractivity contribution < 1.29 is 0 Å². The number of tetrazole rings is 1. The Kier molecular flexibility index (Phi) is 4.05. The maximum atomic E-state index is 5.17. The third-order valence-corrected chi connectivity index (χ3v) is 1.92. The summed E-state index contributed by atoms with van der Waals surface area (Å²) < 4.78 is 2.16. The number of unbranched alkanes of at least 4 members (excludes halogenated alkanes) is 1. The predicted octanol–water partition coefficient (Wildman–Crippen LogP) is -0.611. The number of hydrogen-bond donors (Lipinski definition) is 3. The number of rotatable bonds is 5. The van der Waals surface area contributed by atoms with Crippen LogP contribution in [0.4, 0.5) is 0 Å². The van der Waals surface area contributed by atoms with E-state index in [-0.39, 0.29) is 5.96 Å². The first-order valence-corrected chi connectivity index (χ1v) is 4.64. The van der Waals surface area contributed by atoms with Gasteiger partial charge in [-0.15, -0.1) is 0 Å². The molecular weight excluding hydrogens is 202 g/mol. The zero-order chi connectivity index (χ0) is 10.4. The van der Waals surface area contributed by atoms with E-state index in [1.807, 2.05) is 0 Å². The first kappa shape index (κ1) is 10.6. The van der Waals surface area contributed by atoms with Gasteiger partial charge >= 0.3 is 0 Å². The second kappa shape index (κ2) is 5.32. The SMILES string of the molecule is NC(N)=NCCCCn1[nH]nnc1=S. The van der Waals surface area contributed by atoms with Gasteiger partial charge in [0.1, 0.15) is 0 Å². The normalized spacial score (nSPS) is 10.0. The van der Waals surface area contributed by atoms with E-state index in [9.17, 15) is 0 Å². The number of nitrogens with one attached hydrogen (secondary N) is 1. The summed E-state index contributed by atoms with van der Waals surface area (Å²) in [6.07, 6.45) is 1.83. The van der Waals surface area contributed by atoms with Crippen LogP contribution in [0.5, 0.6) is 0 Å². The Hall–Kier alpha value is -1.44. The minimum absolute atomic E-state index is 0.129. The smallest absolute Gasteiger partial charge is 0.238 e. The number of hydrogen-bond acceptors (Lipinski definition) is 4. The molecule has 0 aliphatic heterocycles. The van der Waals surface area contributed by atoms with Gasteiger partial charge in [-0.25, -0.2) is 4.68 Å². The number of aliphatic imine (C=N–C) groups is 1. The molecule has 0 amide bonds. The first-order chi connectivity index (χ1) is 6.70.